The monoisotopic (exact) mass is 474 g/mol. The number of hydrogen-bond acceptors (Lipinski definition) is 8. The maximum absolute atomic E-state index is 12.9. The molecule has 0 bridgehead atoms. The van der Waals surface area contributed by atoms with Gasteiger partial charge < -0.3 is 18.9 Å². The van der Waals surface area contributed by atoms with Crippen molar-refractivity contribution in [2.24, 2.45) is 0 Å². The van der Waals surface area contributed by atoms with Crippen molar-refractivity contribution in [3.8, 4) is 0 Å². The fourth-order valence-electron chi connectivity index (χ4n) is 3.60. The molecule has 178 valence electrons. The van der Waals surface area contributed by atoms with Crippen molar-refractivity contribution in [2.45, 2.75) is 24.7 Å². The Kier molecular flexibility index (Phi) is 6.91. The van der Waals surface area contributed by atoms with Crippen LogP contribution in [0.5, 0.6) is 0 Å². The van der Waals surface area contributed by atoms with E-state index in [-0.39, 0.29) is 11.1 Å². The lowest BCUT2D eigenvalue weighted by atomic mass is 9.97. The minimum absolute atomic E-state index is 0.202. The van der Waals surface area contributed by atoms with E-state index in [9.17, 15) is 19.2 Å². The second kappa shape index (κ2) is 10.2. The van der Waals surface area contributed by atoms with Gasteiger partial charge in [0.15, 0.2) is 12.2 Å². The van der Waals surface area contributed by atoms with Gasteiger partial charge in [0, 0.05) is 0 Å². The molecular formula is C27H22O8. The van der Waals surface area contributed by atoms with E-state index in [0.717, 1.165) is 0 Å². The first-order valence-electron chi connectivity index (χ1n) is 10.9. The van der Waals surface area contributed by atoms with Crippen LogP contribution in [0, 0.1) is 0 Å². The van der Waals surface area contributed by atoms with Gasteiger partial charge >= 0.3 is 23.9 Å². The zero-order chi connectivity index (χ0) is 24.8. The molecule has 3 atom stereocenters. The molecule has 8 heteroatoms. The molecule has 4 rings (SSSR count). The molecule has 0 saturated carbocycles. The lowest BCUT2D eigenvalue weighted by Gasteiger charge is -2.28. The van der Waals surface area contributed by atoms with Crippen molar-refractivity contribution in [3.63, 3.8) is 0 Å². The molecule has 0 spiro atoms. The highest BCUT2D eigenvalue weighted by molar-refractivity contribution is 5.95. The second-order valence-corrected chi connectivity index (χ2v) is 7.96. The van der Waals surface area contributed by atoms with Gasteiger partial charge in [-0.25, -0.2) is 19.2 Å². The fraction of sp³-hybridized carbons (Fsp3) is 0.185. The van der Waals surface area contributed by atoms with E-state index in [0.29, 0.717) is 5.56 Å². The van der Waals surface area contributed by atoms with Gasteiger partial charge in [0.05, 0.1) is 16.7 Å². The van der Waals surface area contributed by atoms with Gasteiger partial charge in [0.1, 0.15) is 6.61 Å². The van der Waals surface area contributed by atoms with Crippen LogP contribution in [0.2, 0.25) is 0 Å². The highest BCUT2D eigenvalue weighted by atomic mass is 16.7. The largest absolute Gasteiger partial charge is 0.458 e. The quantitative estimate of drug-likeness (QED) is 0.378. The lowest BCUT2D eigenvalue weighted by molar-refractivity contribution is -0.156. The summed E-state index contributed by atoms with van der Waals surface area (Å²) in [6.07, 6.45) is -2.57. The zero-order valence-electron chi connectivity index (χ0n) is 18.8. The number of benzene rings is 3. The molecular weight excluding hydrogens is 452 g/mol. The molecule has 1 fully saturated rings. The molecule has 35 heavy (non-hydrogen) atoms. The summed E-state index contributed by atoms with van der Waals surface area (Å²) in [5.41, 5.74) is -1.24. The van der Waals surface area contributed by atoms with E-state index in [1.165, 1.54) is 31.2 Å². The number of cyclic esters (lactones) is 1. The number of esters is 4. The molecule has 3 aromatic carbocycles. The first-order valence-corrected chi connectivity index (χ1v) is 10.9. The molecule has 1 heterocycles. The first-order chi connectivity index (χ1) is 16.9. The van der Waals surface area contributed by atoms with Gasteiger partial charge in [-0.2, -0.15) is 0 Å². The van der Waals surface area contributed by atoms with Gasteiger partial charge in [-0.3, -0.25) is 0 Å². The third-order valence-corrected chi connectivity index (χ3v) is 5.49. The van der Waals surface area contributed by atoms with E-state index in [2.05, 4.69) is 0 Å². The molecule has 0 aromatic heterocycles. The van der Waals surface area contributed by atoms with Crippen LogP contribution in [0.1, 0.15) is 38.0 Å². The van der Waals surface area contributed by atoms with Crippen LogP contribution >= 0.6 is 0 Å². The van der Waals surface area contributed by atoms with E-state index >= 15 is 0 Å². The van der Waals surface area contributed by atoms with Crippen LogP contribution in [0.4, 0.5) is 0 Å². The number of hydrogen-bond donors (Lipinski definition) is 0. The van der Waals surface area contributed by atoms with Crippen LogP contribution in [-0.2, 0) is 23.7 Å². The summed E-state index contributed by atoms with van der Waals surface area (Å²) in [6, 6.07) is 24.4. The van der Waals surface area contributed by atoms with Crippen molar-refractivity contribution in [2.75, 3.05) is 6.61 Å². The SMILES string of the molecule is C[C@@]1(OC(=O)c2ccccc2)C(=O)O[C@@H](COC(=O)c2ccccc2)[C@@H]1OC(=O)c1ccccc1. The van der Waals surface area contributed by atoms with Gasteiger partial charge in [0.2, 0.25) is 5.60 Å². The zero-order valence-corrected chi connectivity index (χ0v) is 18.8. The molecule has 1 saturated heterocycles. The molecule has 3 aromatic rings. The average molecular weight is 474 g/mol. The van der Waals surface area contributed by atoms with Crippen LogP contribution in [0.15, 0.2) is 91.0 Å². The van der Waals surface area contributed by atoms with Gasteiger partial charge in [-0.15, -0.1) is 0 Å². The van der Waals surface area contributed by atoms with E-state index in [4.69, 9.17) is 18.9 Å². The third-order valence-electron chi connectivity index (χ3n) is 5.49. The Balaban J connectivity index is 1.57. The lowest BCUT2D eigenvalue weighted by Crippen LogP contribution is -2.50. The molecule has 0 aliphatic carbocycles. The van der Waals surface area contributed by atoms with Crippen molar-refractivity contribution in [3.05, 3.63) is 108 Å². The van der Waals surface area contributed by atoms with Crippen LogP contribution in [0.3, 0.4) is 0 Å². The van der Waals surface area contributed by atoms with E-state index in [1.807, 2.05) is 0 Å². The Labute approximate surface area is 201 Å². The molecule has 0 N–H and O–H groups in total. The summed E-state index contributed by atoms with van der Waals surface area (Å²) in [4.78, 5) is 50.9. The van der Waals surface area contributed by atoms with Gasteiger partial charge in [-0.1, -0.05) is 54.6 Å². The van der Waals surface area contributed by atoms with E-state index < -0.39 is 48.3 Å². The molecule has 1 aliphatic heterocycles. The molecule has 1 aliphatic rings. The summed E-state index contributed by atoms with van der Waals surface area (Å²) in [7, 11) is 0. The van der Waals surface area contributed by atoms with Crippen molar-refractivity contribution in [1.29, 1.82) is 0 Å². The third kappa shape index (κ3) is 5.22. The summed E-state index contributed by atoms with van der Waals surface area (Å²) < 4.78 is 21.8. The van der Waals surface area contributed by atoms with Crippen molar-refractivity contribution >= 4 is 23.9 Å². The topological polar surface area (TPSA) is 105 Å². The summed E-state index contributed by atoms with van der Waals surface area (Å²) in [5.74, 6) is -3.12. The number of rotatable bonds is 7. The Morgan fingerprint density at radius 3 is 1.71 bits per heavy atom. The Bertz CT molecular complexity index is 1210. The minimum Gasteiger partial charge on any atom is -0.458 e. The second-order valence-electron chi connectivity index (χ2n) is 7.96. The number of carbonyl (C=O) groups is 4. The maximum atomic E-state index is 12.9. The predicted octanol–water partition coefficient (Wildman–Crippen LogP) is 3.61. The predicted molar refractivity (Wildman–Crippen MR) is 123 cm³/mol. The normalized spacial score (nSPS) is 21.0. The van der Waals surface area contributed by atoms with Crippen LogP contribution in [0.25, 0.3) is 0 Å². The number of carbonyl (C=O) groups excluding carboxylic acids is 4. The standard InChI is InChI=1S/C27H22O8/c1-27(35-25(30)20-15-9-4-10-16-20)22(34-24(29)19-13-7-3-8-14-19)21(33-26(27)31)17-32-23(28)18-11-5-2-6-12-18/h2-16,21-22H,17H2,1H3/t21-,22-,27-/m0/s1. The highest BCUT2D eigenvalue weighted by Crippen LogP contribution is 2.34. The summed E-state index contributed by atoms with van der Waals surface area (Å²) in [5, 5.41) is 0. The van der Waals surface area contributed by atoms with Crippen molar-refractivity contribution < 1.29 is 38.1 Å². The first kappa shape index (κ1) is 23.7. The Hall–Kier alpha value is -4.46. The van der Waals surface area contributed by atoms with Crippen molar-refractivity contribution in [1.82, 2.24) is 0 Å². The molecule has 0 radical (unpaired) electrons. The van der Waals surface area contributed by atoms with Crippen LogP contribution < -0.4 is 0 Å². The smallest absolute Gasteiger partial charge is 0.355 e. The van der Waals surface area contributed by atoms with Crippen LogP contribution in [-0.4, -0.2) is 48.3 Å². The average Bonchev–Trinajstić information content (AvgIpc) is 3.12. The van der Waals surface area contributed by atoms with Gasteiger partial charge in [0.25, 0.3) is 0 Å². The molecule has 0 unspecified atom stereocenters. The maximum Gasteiger partial charge on any atom is 0.355 e. The number of ether oxygens (including phenoxy) is 4. The van der Waals surface area contributed by atoms with Gasteiger partial charge in [-0.05, 0) is 43.3 Å². The Morgan fingerprint density at radius 2 is 1.20 bits per heavy atom. The highest BCUT2D eigenvalue weighted by Gasteiger charge is 2.60. The fourth-order valence-corrected chi connectivity index (χ4v) is 3.60. The Morgan fingerprint density at radius 1 is 0.743 bits per heavy atom. The van der Waals surface area contributed by atoms with E-state index in [1.54, 1.807) is 66.7 Å². The minimum atomic E-state index is -1.97. The summed E-state index contributed by atoms with van der Waals surface area (Å²) >= 11 is 0. The molecule has 8 nitrogen and oxygen atoms in total. The summed E-state index contributed by atoms with van der Waals surface area (Å²) in [6.45, 7) is 0.892. The molecule has 0 amide bonds.